The molecule has 0 spiro atoms. The minimum absolute atomic E-state index is 0.0197. The second kappa shape index (κ2) is 21.5. The number of halogens is 8. The van der Waals surface area contributed by atoms with Gasteiger partial charge in [0.2, 0.25) is 0 Å². The van der Waals surface area contributed by atoms with E-state index in [1.165, 1.54) is 56.8 Å². The first-order chi connectivity index (χ1) is 35.2. The minimum Gasteiger partial charge on any atom is -0.496 e. The second-order valence-corrected chi connectivity index (χ2v) is 18.6. The van der Waals surface area contributed by atoms with Crippen molar-refractivity contribution in [3.8, 4) is 45.0 Å². The molecule has 0 bridgehead atoms. The van der Waals surface area contributed by atoms with Gasteiger partial charge in [-0.3, -0.25) is 14.6 Å². The van der Waals surface area contributed by atoms with Crippen molar-refractivity contribution in [2.45, 2.75) is 38.8 Å². The molecule has 8 rings (SSSR count). The third-order valence-corrected chi connectivity index (χ3v) is 13.5. The summed E-state index contributed by atoms with van der Waals surface area (Å²) in [5.74, 6) is -9.19. The molecule has 0 aliphatic carbocycles. The Morgan fingerprint density at radius 1 is 0.568 bits per heavy atom. The van der Waals surface area contributed by atoms with E-state index in [1.807, 2.05) is 0 Å². The minimum atomic E-state index is -1.58. The van der Waals surface area contributed by atoms with E-state index in [0.717, 1.165) is 24.3 Å². The molecule has 2 amide bonds. The van der Waals surface area contributed by atoms with Gasteiger partial charge in [0.1, 0.15) is 23.6 Å². The Morgan fingerprint density at radius 3 is 1.49 bits per heavy atom. The van der Waals surface area contributed by atoms with Gasteiger partial charge in [-0.2, -0.15) is 0 Å². The van der Waals surface area contributed by atoms with Crippen LogP contribution in [0.25, 0.3) is 55.3 Å². The zero-order valence-electron chi connectivity index (χ0n) is 39.1. The molecule has 0 unspecified atom stereocenters. The quantitative estimate of drug-likeness (QED) is 0.0723. The van der Waals surface area contributed by atoms with Crippen LogP contribution in [0.3, 0.4) is 0 Å². The predicted molar refractivity (Wildman–Crippen MR) is 274 cm³/mol. The predicted octanol–water partition coefficient (Wildman–Crippen LogP) is 12.4. The average Bonchev–Trinajstić information content (AvgIpc) is 3.34. The first-order valence-electron chi connectivity index (χ1n) is 22.1. The SMILES string of the molecule is COc1cc(F)c(F)cc1-c1ccc(C[C@H](NC(=O)c2c(Cl)cc(-c3cc(C)c4c(-c5cc(F)c(F)cc5OC)ccc(C[C@H](NC(=O)c5c(Cl)cccc5Cl)C(=O)O)c4n3)cc2Cl)C(=O)O)c2nccc(C)c12. The fourth-order valence-corrected chi connectivity index (χ4v) is 10.0. The number of amides is 2. The van der Waals surface area contributed by atoms with Crippen LogP contribution in [0.2, 0.25) is 20.1 Å². The highest BCUT2D eigenvalue weighted by Gasteiger charge is 2.29. The summed E-state index contributed by atoms with van der Waals surface area (Å²) >= 11 is 26.1. The van der Waals surface area contributed by atoms with Crippen LogP contribution in [0.5, 0.6) is 11.5 Å². The summed E-state index contributed by atoms with van der Waals surface area (Å²) in [7, 11) is 2.59. The van der Waals surface area contributed by atoms with Crippen LogP contribution in [0.1, 0.15) is 43.0 Å². The van der Waals surface area contributed by atoms with E-state index in [9.17, 15) is 47.0 Å². The number of carbonyl (C=O) groups excluding carboxylic acids is 2. The maximum atomic E-state index is 14.9. The molecule has 2 atom stereocenters. The number of aryl methyl sites for hydroxylation is 2. The number of methoxy groups -OCH3 is 2. The molecule has 12 nitrogen and oxygen atoms in total. The summed E-state index contributed by atoms with van der Waals surface area (Å²) in [4.78, 5) is 62.5. The van der Waals surface area contributed by atoms with E-state index < -0.39 is 59.1 Å². The van der Waals surface area contributed by atoms with Crippen molar-refractivity contribution in [1.82, 2.24) is 20.6 Å². The van der Waals surface area contributed by atoms with Crippen molar-refractivity contribution < 1.29 is 56.4 Å². The van der Waals surface area contributed by atoms with Crippen LogP contribution in [-0.4, -0.2) is 70.2 Å². The fraction of sp³-hybridized carbons (Fsp3) is 0.148. The Balaban J connectivity index is 1.16. The Morgan fingerprint density at radius 2 is 1.01 bits per heavy atom. The Bertz CT molecular complexity index is 3620. The van der Waals surface area contributed by atoms with Gasteiger partial charge in [-0.1, -0.05) is 76.7 Å². The zero-order chi connectivity index (χ0) is 53.4. The van der Waals surface area contributed by atoms with E-state index in [-0.39, 0.29) is 89.0 Å². The normalized spacial score (nSPS) is 12.1. The number of ether oxygens (including phenoxy) is 2. The molecule has 0 radical (unpaired) electrons. The number of aliphatic carboxylic acids is 2. The Kier molecular flexibility index (Phi) is 15.4. The molecule has 0 fully saturated rings. The molecule has 2 heterocycles. The lowest BCUT2D eigenvalue weighted by Gasteiger charge is -2.20. The van der Waals surface area contributed by atoms with Crippen molar-refractivity contribution in [3.63, 3.8) is 0 Å². The summed E-state index contributed by atoms with van der Waals surface area (Å²) in [6.07, 6.45) is 0.845. The highest BCUT2D eigenvalue weighted by molar-refractivity contribution is 6.40. The lowest BCUT2D eigenvalue weighted by Crippen LogP contribution is -2.42. The standard InChI is InChI=1S/C54H38Cl4F4N4O8/c1-23-12-13-63-49-25(8-10-28(45(23)49)30-19-36(59)38(61)21-43(30)73-3)17-41(53(69)70)66-52(68)48-34(57)15-27(16-35(48)58)40-14-24(2)46-29(31-20-37(60)39(62)22-44(31)74-4)11-9-26(50(46)64-40)18-42(54(71)72)65-51(67)47-32(55)6-5-7-33(47)56/h5-16,19-22,41-42H,17-18H2,1-4H3,(H,65,67)(H,66,68)(H,69,70)(H,71,72)/t41-,42-/m0/s1. The summed E-state index contributed by atoms with van der Waals surface area (Å²) < 4.78 is 68.9. The van der Waals surface area contributed by atoms with Gasteiger partial charge in [-0.15, -0.1) is 0 Å². The number of nitrogens with one attached hydrogen (secondary N) is 2. The van der Waals surface area contributed by atoms with Gasteiger partial charge >= 0.3 is 11.9 Å². The first kappa shape index (κ1) is 52.8. The smallest absolute Gasteiger partial charge is 0.326 e. The van der Waals surface area contributed by atoms with Gasteiger partial charge in [-0.05, 0) is 95.8 Å². The molecule has 378 valence electrons. The summed E-state index contributed by atoms with van der Waals surface area (Å²) in [6.45, 7) is 3.46. The van der Waals surface area contributed by atoms with Gasteiger partial charge in [0.25, 0.3) is 11.8 Å². The number of pyridine rings is 2. The Hall–Kier alpha value is -7.50. The van der Waals surface area contributed by atoms with Crippen LogP contribution in [0.15, 0.2) is 97.2 Å². The number of rotatable bonds is 15. The molecular weight excluding hydrogens is 1050 g/mol. The molecule has 4 N–H and O–H groups in total. The molecule has 20 heteroatoms. The van der Waals surface area contributed by atoms with Gasteiger partial charge in [0, 0.05) is 58.6 Å². The van der Waals surface area contributed by atoms with Crippen LogP contribution >= 0.6 is 46.4 Å². The van der Waals surface area contributed by atoms with Crippen molar-refractivity contribution in [2.24, 2.45) is 0 Å². The maximum Gasteiger partial charge on any atom is 0.326 e. The molecule has 0 saturated heterocycles. The topological polar surface area (TPSA) is 177 Å². The molecule has 0 aliphatic rings. The van der Waals surface area contributed by atoms with E-state index in [0.29, 0.717) is 44.1 Å². The number of carbonyl (C=O) groups is 4. The molecule has 8 aromatic rings. The number of hydrogen-bond acceptors (Lipinski definition) is 8. The first-order valence-corrected chi connectivity index (χ1v) is 23.6. The monoisotopic (exact) mass is 1090 g/mol. The lowest BCUT2D eigenvalue weighted by molar-refractivity contribution is -0.140. The number of aromatic nitrogens is 2. The molecule has 2 aromatic heterocycles. The van der Waals surface area contributed by atoms with Gasteiger partial charge in [0.05, 0.1) is 62.2 Å². The highest BCUT2D eigenvalue weighted by Crippen LogP contribution is 2.42. The van der Waals surface area contributed by atoms with Crippen molar-refractivity contribution >= 4 is 92.0 Å². The largest absolute Gasteiger partial charge is 0.496 e. The summed E-state index contributed by atoms with van der Waals surface area (Å²) in [6, 6.07) is 17.2. The van der Waals surface area contributed by atoms with Crippen molar-refractivity contribution in [3.05, 3.63) is 174 Å². The van der Waals surface area contributed by atoms with Gasteiger partial charge < -0.3 is 30.3 Å². The highest BCUT2D eigenvalue weighted by atomic mass is 35.5. The Labute approximate surface area is 438 Å². The molecule has 6 aromatic carbocycles. The van der Waals surface area contributed by atoms with E-state index in [2.05, 4.69) is 15.6 Å². The summed E-state index contributed by atoms with van der Waals surface area (Å²) in [5, 5.41) is 26.2. The van der Waals surface area contributed by atoms with Crippen molar-refractivity contribution in [1.29, 1.82) is 0 Å². The zero-order valence-corrected chi connectivity index (χ0v) is 42.1. The lowest BCUT2D eigenvalue weighted by atomic mass is 9.91. The van der Waals surface area contributed by atoms with Crippen LogP contribution in [-0.2, 0) is 22.4 Å². The maximum absolute atomic E-state index is 14.9. The number of carboxylic acid groups (broad SMARTS) is 2. The molecular formula is C54H38Cl4F4N4O8. The van der Waals surface area contributed by atoms with Crippen LogP contribution < -0.4 is 20.1 Å². The van der Waals surface area contributed by atoms with Crippen LogP contribution in [0.4, 0.5) is 17.6 Å². The number of fused-ring (bicyclic) bond motifs is 2. The molecule has 74 heavy (non-hydrogen) atoms. The number of hydrogen-bond donors (Lipinski definition) is 4. The number of benzene rings is 6. The fourth-order valence-electron chi connectivity index (χ4n) is 8.77. The average molecular weight is 1090 g/mol. The van der Waals surface area contributed by atoms with Gasteiger partial charge in [-0.25, -0.2) is 32.1 Å². The van der Waals surface area contributed by atoms with Crippen molar-refractivity contribution in [2.75, 3.05) is 14.2 Å². The molecule has 0 saturated carbocycles. The second-order valence-electron chi connectivity index (χ2n) is 16.9. The van der Waals surface area contributed by atoms with E-state index in [4.69, 9.17) is 60.9 Å². The summed E-state index contributed by atoms with van der Waals surface area (Å²) in [5.41, 5.74) is 3.46. The van der Waals surface area contributed by atoms with Gasteiger partial charge in [0.15, 0.2) is 23.3 Å². The van der Waals surface area contributed by atoms with Crippen LogP contribution in [0, 0.1) is 37.1 Å². The van der Waals surface area contributed by atoms with E-state index >= 15 is 0 Å². The third kappa shape index (κ3) is 10.4. The number of nitrogens with zero attached hydrogens (tertiary/aromatic N) is 2. The molecule has 0 aliphatic heterocycles. The third-order valence-electron chi connectivity index (χ3n) is 12.3. The van der Waals surface area contributed by atoms with E-state index in [1.54, 1.807) is 44.2 Å². The number of carboxylic acids is 2.